The normalized spacial score (nSPS) is 16.1. The molecule has 1 aromatic rings. The fourth-order valence-corrected chi connectivity index (χ4v) is 1.18. The van der Waals surface area contributed by atoms with Crippen LogP contribution in [-0.2, 0) is 11.3 Å². The van der Waals surface area contributed by atoms with Crippen LogP contribution >= 0.6 is 0 Å². The molecule has 1 saturated carbocycles. The first-order valence-electron chi connectivity index (χ1n) is 5.00. The van der Waals surface area contributed by atoms with Gasteiger partial charge in [0.05, 0.1) is 0 Å². The van der Waals surface area contributed by atoms with Crippen LogP contribution in [0.3, 0.4) is 0 Å². The second-order valence-corrected chi connectivity index (χ2v) is 3.52. The van der Waals surface area contributed by atoms with E-state index in [0.717, 1.165) is 12.2 Å². The Kier molecular flexibility index (Phi) is 3.10. The van der Waals surface area contributed by atoms with E-state index < -0.39 is 0 Å². The van der Waals surface area contributed by atoms with Gasteiger partial charge in [0.25, 0.3) is 5.89 Å². The van der Waals surface area contributed by atoms with Crippen molar-refractivity contribution in [3.05, 3.63) is 11.7 Å². The van der Waals surface area contributed by atoms with Crippen LogP contribution in [0.5, 0.6) is 0 Å². The Bertz CT molecular complexity index is 283. The average Bonchev–Trinajstić information content (AvgIpc) is 2.94. The van der Waals surface area contributed by atoms with Gasteiger partial charge >= 0.3 is 0 Å². The van der Waals surface area contributed by atoms with E-state index >= 15 is 0 Å². The highest BCUT2D eigenvalue weighted by molar-refractivity contribution is 5.02. The van der Waals surface area contributed by atoms with E-state index in [1.54, 1.807) is 0 Å². The van der Waals surface area contributed by atoms with Crippen molar-refractivity contribution in [1.82, 2.24) is 10.1 Å². The molecule has 0 atom stereocenters. The van der Waals surface area contributed by atoms with Gasteiger partial charge in [-0.2, -0.15) is 4.98 Å². The van der Waals surface area contributed by atoms with Crippen molar-refractivity contribution < 1.29 is 9.26 Å². The second-order valence-electron chi connectivity index (χ2n) is 3.52. The largest absolute Gasteiger partial charge is 0.372 e. The van der Waals surface area contributed by atoms with Crippen molar-refractivity contribution in [1.29, 1.82) is 0 Å². The van der Waals surface area contributed by atoms with Crippen molar-refractivity contribution >= 4 is 0 Å². The van der Waals surface area contributed by atoms with Crippen LogP contribution in [0.1, 0.15) is 36.9 Å². The maximum absolute atomic E-state index is 5.33. The fraction of sp³-hybridized carbons (Fsp3) is 0.778. The SMILES string of the molecule is NCCCOCc1nc(C2CC2)no1. The maximum Gasteiger partial charge on any atom is 0.252 e. The summed E-state index contributed by atoms with van der Waals surface area (Å²) in [6.07, 6.45) is 3.24. The van der Waals surface area contributed by atoms with E-state index in [-0.39, 0.29) is 0 Å². The van der Waals surface area contributed by atoms with E-state index in [1.807, 2.05) is 0 Å². The molecule has 1 aromatic heterocycles. The van der Waals surface area contributed by atoms with Crippen LogP contribution in [0.15, 0.2) is 4.52 Å². The maximum atomic E-state index is 5.33. The van der Waals surface area contributed by atoms with Gasteiger partial charge in [-0.1, -0.05) is 5.16 Å². The van der Waals surface area contributed by atoms with Crippen LogP contribution < -0.4 is 5.73 Å². The zero-order chi connectivity index (χ0) is 9.80. The van der Waals surface area contributed by atoms with E-state index in [0.29, 0.717) is 31.6 Å². The van der Waals surface area contributed by atoms with Gasteiger partial charge in [0, 0.05) is 12.5 Å². The third-order valence-electron chi connectivity index (χ3n) is 2.14. The first-order chi connectivity index (χ1) is 6.90. The van der Waals surface area contributed by atoms with Crippen LogP contribution in [0.4, 0.5) is 0 Å². The highest BCUT2D eigenvalue weighted by atomic mass is 16.5. The first-order valence-corrected chi connectivity index (χ1v) is 5.00. The Morgan fingerprint density at radius 2 is 2.36 bits per heavy atom. The lowest BCUT2D eigenvalue weighted by molar-refractivity contribution is 0.0969. The lowest BCUT2D eigenvalue weighted by Gasteiger charge is -1.97. The molecule has 1 aliphatic rings. The van der Waals surface area contributed by atoms with Crippen molar-refractivity contribution in [2.45, 2.75) is 31.8 Å². The summed E-state index contributed by atoms with van der Waals surface area (Å²) in [5.74, 6) is 1.95. The molecule has 0 aromatic carbocycles. The van der Waals surface area contributed by atoms with Crippen LogP contribution in [-0.4, -0.2) is 23.3 Å². The Morgan fingerprint density at radius 3 is 3.07 bits per heavy atom. The van der Waals surface area contributed by atoms with Gasteiger partial charge in [0.2, 0.25) is 0 Å². The third kappa shape index (κ3) is 2.52. The molecule has 0 radical (unpaired) electrons. The van der Waals surface area contributed by atoms with Crippen molar-refractivity contribution in [2.24, 2.45) is 5.73 Å². The molecule has 78 valence electrons. The monoisotopic (exact) mass is 197 g/mol. The van der Waals surface area contributed by atoms with E-state index in [1.165, 1.54) is 12.8 Å². The van der Waals surface area contributed by atoms with E-state index in [2.05, 4.69) is 10.1 Å². The highest BCUT2D eigenvalue weighted by Crippen LogP contribution is 2.38. The molecule has 0 saturated heterocycles. The van der Waals surface area contributed by atoms with Gasteiger partial charge in [-0.15, -0.1) is 0 Å². The molecule has 1 heterocycles. The van der Waals surface area contributed by atoms with Crippen molar-refractivity contribution in [2.75, 3.05) is 13.2 Å². The summed E-state index contributed by atoms with van der Waals surface area (Å²) in [7, 11) is 0. The molecule has 14 heavy (non-hydrogen) atoms. The number of aromatic nitrogens is 2. The molecule has 1 fully saturated rings. The van der Waals surface area contributed by atoms with Gasteiger partial charge in [-0.05, 0) is 25.8 Å². The summed E-state index contributed by atoms with van der Waals surface area (Å²) in [6, 6.07) is 0. The summed E-state index contributed by atoms with van der Waals surface area (Å²) in [5, 5.41) is 3.89. The molecule has 2 N–H and O–H groups in total. The molecule has 0 amide bonds. The molecule has 0 spiro atoms. The molecular formula is C9H15N3O2. The van der Waals surface area contributed by atoms with Gasteiger partial charge in [-0.3, -0.25) is 0 Å². The number of ether oxygens (including phenoxy) is 1. The molecule has 2 rings (SSSR count). The number of hydrogen-bond donors (Lipinski definition) is 1. The number of rotatable bonds is 6. The standard InChI is InChI=1S/C9H15N3O2/c10-4-1-5-13-6-8-11-9(12-14-8)7-2-3-7/h7H,1-6,10H2. The minimum absolute atomic E-state index is 0.403. The van der Waals surface area contributed by atoms with Crippen molar-refractivity contribution in [3.63, 3.8) is 0 Å². The Balaban J connectivity index is 1.72. The van der Waals surface area contributed by atoms with Gasteiger partial charge < -0.3 is 15.0 Å². The molecule has 5 nitrogen and oxygen atoms in total. The zero-order valence-electron chi connectivity index (χ0n) is 8.11. The Morgan fingerprint density at radius 1 is 1.50 bits per heavy atom. The lowest BCUT2D eigenvalue weighted by atomic mass is 10.4. The van der Waals surface area contributed by atoms with Crippen LogP contribution in [0.2, 0.25) is 0 Å². The van der Waals surface area contributed by atoms with Gasteiger partial charge in [-0.25, -0.2) is 0 Å². The number of nitrogens with two attached hydrogens (primary N) is 1. The topological polar surface area (TPSA) is 74.2 Å². The highest BCUT2D eigenvalue weighted by Gasteiger charge is 2.28. The summed E-state index contributed by atoms with van der Waals surface area (Å²) >= 11 is 0. The molecule has 0 unspecified atom stereocenters. The quantitative estimate of drug-likeness (QED) is 0.683. The van der Waals surface area contributed by atoms with Crippen LogP contribution in [0.25, 0.3) is 0 Å². The average molecular weight is 197 g/mol. The predicted octanol–water partition coefficient (Wildman–Crippen LogP) is 0.812. The third-order valence-corrected chi connectivity index (χ3v) is 2.14. The fourth-order valence-electron chi connectivity index (χ4n) is 1.18. The summed E-state index contributed by atoms with van der Waals surface area (Å²) < 4.78 is 10.3. The van der Waals surface area contributed by atoms with Gasteiger partial charge in [0.15, 0.2) is 5.82 Å². The molecule has 5 heteroatoms. The smallest absolute Gasteiger partial charge is 0.252 e. The second kappa shape index (κ2) is 4.52. The Hall–Kier alpha value is -0.940. The summed E-state index contributed by atoms with van der Waals surface area (Å²) in [5.41, 5.74) is 5.33. The Labute approximate surface area is 82.6 Å². The molecule has 1 aliphatic carbocycles. The molecule has 0 bridgehead atoms. The molecule has 0 aliphatic heterocycles. The zero-order valence-corrected chi connectivity index (χ0v) is 8.11. The summed E-state index contributed by atoms with van der Waals surface area (Å²) in [6.45, 7) is 1.70. The van der Waals surface area contributed by atoms with E-state index in [4.69, 9.17) is 15.0 Å². The van der Waals surface area contributed by atoms with Gasteiger partial charge in [0.1, 0.15) is 6.61 Å². The minimum Gasteiger partial charge on any atom is -0.372 e. The molecular weight excluding hydrogens is 182 g/mol. The summed E-state index contributed by atoms with van der Waals surface area (Å²) in [4.78, 5) is 4.24. The minimum atomic E-state index is 0.403. The number of nitrogens with zero attached hydrogens (tertiary/aromatic N) is 2. The predicted molar refractivity (Wildman–Crippen MR) is 49.6 cm³/mol. The number of hydrogen-bond acceptors (Lipinski definition) is 5. The van der Waals surface area contributed by atoms with Crippen molar-refractivity contribution in [3.8, 4) is 0 Å². The lowest BCUT2D eigenvalue weighted by Crippen LogP contribution is -2.04. The van der Waals surface area contributed by atoms with Crippen LogP contribution in [0, 0.1) is 0 Å². The first kappa shape index (κ1) is 9.61. The van der Waals surface area contributed by atoms with E-state index in [9.17, 15) is 0 Å².